The molecule has 0 N–H and O–H groups in total. The van der Waals surface area contributed by atoms with Crippen LogP contribution < -0.4 is 10.5 Å². The molecule has 8 nitrogen and oxygen atoms in total. The van der Waals surface area contributed by atoms with Crippen LogP contribution in [0.3, 0.4) is 0 Å². The standard InChI is InChI=1S/C33H48N4O4S2/c1-5-8-9-10-11-12-13-14-15-16-19-37-31(39)28(43-33(37)42)22-26-24(4)27(23-34)30(38)36(6-2)29(26)35-20-17-25(18-21-35)32(40)41-7-3/h22,25H,5-21H2,1-4H3. The number of carbonyl (C=O) groups excluding carboxylic acids is 2. The predicted octanol–water partition coefficient (Wildman–Crippen LogP) is 6.95. The van der Waals surface area contributed by atoms with Gasteiger partial charge in [-0.3, -0.25) is 23.9 Å². The molecule has 0 saturated carbocycles. The highest BCUT2D eigenvalue weighted by atomic mass is 32.2. The fraction of sp³-hybridized carbons (Fsp3) is 0.667. The number of nitriles is 1. The van der Waals surface area contributed by atoms with Crippen molar-refractivity contribution in [3.05, 3.63) is 31.9 Å². The molecule has 0 aromatic carbocycles. The zero-order chi connectivity index (χ0) is 31.4. The van der Waals surface area contributed by atoms with E-state index in [0.29, 0.717) is 71.8 Å². The van der Waals surface area contributed by atoms with Gasteiger partial charge in [0, 0.05) is 31.7 Å². The summed E-state index contributed by atoms with van der Waals surface area (Å²) in [6.45, 7) is 10.1. The molecule has 0 radical (unpaired) electrons. The second-order valence-corrected chi connectivity index (χ2v) is 13.1. The minimum absolute atomic E-state index is 0.0825. The minimum Gasteiger partial charge on any atom is -0.466 e. The maximum atomic E-state index is 13.5. The van der Waals surface area contributed by atoms with E-state index in [1.807, 2.05) is 13.0 Å². The van der Waals surface area contributed by atoms with Crippen molar-refractivity contribution < 1.29 is 14.3 Å². The smallest absolute Gasteiger partial charge is 0.309 e. The molecule has 3 heterocycles. The third-order valence-corrected chi connectivity index (χ3v) is 9.84. The summed E-state index contributed by atoms with van der Waals surface area (Å²) >= 11 is 6.90. The van der Waals surface area contributed by atoms with E-state index in [9.17, 15) is 19.6 Å². The van der Waals surface area contributed by atoms with E-state index in [1.54, 1.807) is 23.3 Å². The summed E-state index contributed by atoms with van der Waals surface area (Å²) in [5, 5.41) is 9.86. The first-order chi connectivity index (χ1) is 20.8. The van der Waals surface area contributed by atoms with E-state index < -0.39 is 0 Å². The molecule has 1 aromatic heterocycles. The molecule has 0 aliphatic carbocycles. The number of rotatable bonds is 16. The third-order valence-electron chi connectivity index (χ3n) is 8.46. The Morgan fingerprint density at radius 2 is 1.63 bits per heavy atom. The lowest BCUT2D eigenvalue weighted by atomic mass is 9.95. The number of piperidine rings is 1. The van der Waals surface area contributed by atoms with Crippen molar-refractivity contribution in [1.29, 1.82) is 5.26 Å². The van der Waals surface area contributed by atoms with Crippen LogP contribution >= 0.6 is 24.0 Å². The summed E-state index contributed by atoms with van der Waals surface area (Å²) in [5.74, 6) is 0.205. The molecule has 2 aliphatic heterocycles. The van der Waals surface area contributed by atoms with Gasteiger partial charge in [0.1, 0.15) is 21.8 Å². The molecule has 2 fully saturated rings. The van der Waals surface area contributed by atoms with Crippen molar-refractivity contribution in [3.8, 4) is 6.07 Å². The summed E-state index contributed by atoms with van der Waals surface area (Å²) in [4.78, 5) is 43.5. The summed E-state index contributed by atoms with van der Waals surface area (Å²) in [5.41, 5.74) is 0.987. The van der Waals surface area contributed by atoms with Gasteiger partial charge in [-0.2, -0.15) is 5.26 Å². The lowest BCUT2D eigenvalue weighted by molar-refractivity contribution is -0.148. The molecular formula is C33H48N4O4S2. The second-order valence-electron chi connectivity index (χ2n) is 11.4. The van der Waals surface area contributed by atoms with Gasteiger partial charge < -0.3 is 9.64 Å². The molecule has 0 spiro atoms. The zero-order valence-corrected chi connectivity index (χ0v) is 28.0. The Morgan fingerprint density at radius 1 is 1.02 bits per heavy atom. The molecule has 0 bridgehead atoms. The van der Waals surface area contributed by atoms with Gasteiger partial charge in [-0.25, -0.2) is 0 Å². The molecule has 236 valence electrons. The monoisotopic (exact) mass is 628 g/mol. The average Bonchev–Trinajstić information content (AvgIpc) is 3.27. The molecule has 2 saturated heterocycles. The molecule has 0 unspecified atom stereocenters. The van der Waals surface area contributed by atoms with Gasteiger partial charge >= 0.3 is 5.97 Å². The van der Waals surface area contributed by atoms with Crippen LogP contribution in [0, 0.1) is 24.2 Å². The Labute approximate surface area is 266 Å². The Bertz CT molecular complexity index is 1270. The molecule has 0 atom stereocenters. The predicted molar refractivity (Wildman–Crippen MR) is 179 cm³/mol. The lowest BCUT2D eigenvalue weighted by Gasteiger charge is -2.35. The maximum absolute atomic E-state index is 13.5. The number of hydrogen-bond donors (Lipinski definition) is 0. The van der Waals surface area contributed by atoms with Gasteiger partial charge in [0.25, 0.3) is 11.5 Å². The van der Waals surface area contributed by atoms with Crippen LogP contribution in [0.1, 0.15) is 115 Å². The van der Waals surface area contributed by atoms with Gasteiger partial charge in [0.15, 0.2) is 0 Å². The van der Waals surface area contributed by atoms with Crippen LogP contribution in [0.4, 0.5) is 5.82 Å². The van der Waals surface area contributed by atoms with Crippen molar-refractivity contribution >= 4 is 52.1 Å². The highest BCUT2D eigenvalue weighted by Gasteiger charge is 2.34. The van der Waals surface area contributed by atoms with E-state index in [2.05, 4.69) is 17.9 Å². The fourth-order valence-corrected chi connectivity index (χ4v) is 7.24. The number of nitrogens with zero attached hydrogens (tertiary/aromatic N) is 4. The first-order valence-corrected chi connectivity index (χ1v) is 17.4. The molecular weight excluding hydrogens is 581 g/mol. The van der Waals surface area contributed by atoms with Gasteiger partial charge in [-0.1, -0.05) is 88.7 Å². The summed E-state index contributed by atoms with van der Waals surface area (Å²) < 4.78 is 7.40. The SMILES string of the molecule is CCCCCCCCCCCCN1C(=O)C(=Cc2c(C)c(C#N)c(=O)n(CC)c2N2CCC(C(=O)OCC)CC2)SC1=S. The maximum Gasteiger partial charge on any atom is 0.309 e. The van der Waals surface area contributed by atoms with Gasteiger partial charge in [0.2, 0.25) is 0 Å². The average molecular weight is 629 g/mol. The van der Waals surface area contributed by atoms with Gasteiger partial charge in [-0.05, 0) is 51.7 Å². The Hall–Kier alpha value is -2.64. The molecule has 10 heteroatoms. The number of carbonyl (C=O) groups is 2. The van der Waals surface area contributed by atoms with Crippen molar-refractivity contribution in [2.75, 3.05) is 31.1 Å². The first-order valence-electron chi connectivity index (χ1n) is 16.1. The Balaban J connectivity index is 1.75. The van der Waals surface area contributed by atoms with Crippen molar-refractivity contribution in [1.82, 2.24) is 9.47 Å². The van der Waals surface area contributed by atoms with Crippen molar-refractivity contribution in [3.63, 3.8) is 0 Å². The summed E-state index contributed by atoms with van der Waals surface area (Å²) in [6, 6.07) is 2.09. The van der Waals surface area contributed by atoms with Crippen molar-refractivity contribution in [2.24, 2.45) is 5.92 Å². The van der Waals surface area contributed by atoms with E-state index >= 15 is 0 Å². The number of anilines is 1. The number of thiocarbonyl (C=S) groups is 1. The number of amides is 1. The van der Waals surface area contributed by atoms with Crippen LogP contribution in [-0.4, -0.2) is 51.9 Å². The number of unbranched alkanes of at least 4 members (excludes halogenated alkanes) is 9. The number of esters is 1. The van der Waals surface area contributed by atoms with E-state index in [4.69, 9.17) is 17.0 Å². The van der Waals surface area contributed by atoms with Crippen LogP contribution in [0.25, 0.3) is 6.08 Å². The number of pyridine rings is 1. The third kappa shape index (κ3) is 8.95. The first kappa shape index (κ1) is 34.8. The van der Waals surface area contributed by atoms with Gasteiger partial charge in [0.05, 0.1) is 17.4 Å². The van der Waals surface area contributed by atoms with Crippen LogP contribution in [0.15, 0.2) is 9.70 Å². The van der Waals surface area contributed by atoms with E-state index in [-0.39, 0.29) is 28.9 Å². The van der Waals surface area contributed by atoms with Crippen LogP contribution in [0.5, 0.6) is 0 Å². The number of hydrogen-bond acceptors (Lipinski definition) is 8. The topological polar surface area (TPSA) is 95.6 Å². The highest BCUT2D eigenvalue weighted by molar-refractivity contribution is 8.26. The zero-order valence-electron chi connectivity index (χ0n) is 26.4. The quantitative estimate of drug-likeness (QED) is 0.0840. The minimum atomic E-state index is -0.337. The van der Waals surface area contributed by atoms with Crippen LogP contribution in [0.2, 0.25) is 0 Å². The fourth-order valence-electron chi connectivity index (χ4n) is 5.95. The number of ether oxygens (including phenoxy) is 1. The van der Waals surface area contributed by atoms with E-state index in [1.165, 1.54) is 63.1 Å². The molecule has 43 heavy (non-hydrogen) atoms. The second kappa shape index (κ2) is 17.6. The summed E-state index contributed by atoms with van der Waals surface area (Å²) in [7, 11) is 0. The number of thioether (sulfide) groups is 1. The molecule has 1 amide bonds. The molecule has 2 aliphatic rings. The van der Waals surface area contributed by atoms with Crippen molar-refractivity contribution in [2.45, 2.75) is 111 Å². The molecule has 1 aromatic rings. The molecule has 3 rings (SSSR count). The van der Waals surface area contributed by atoms with Gasteiger partial charge in [-0.15, -0.1) is 0 Å². The van der Waals surface area contributed by atoms with Crippen LogP contribution in [-0.2, 0) is 20.9 Å². The Kier molecular flexibility index (Phi) is 14.3. The number of aromatic nitrogens is 1. The van der Waals surface area contributed by atoms with E-state index in [0.717, 1.165) is 12.8 Å². The largest absolute Gasteiger partial charge is 0.466 e. The Morgan fingerprint density at radius 3 is 2.19 bits per heavy atom. The normalized spacial score (nSPS) is 16.8. The highest BCUT2D eigenvalue weighted by Crippen LogP contribution is 2.37. The lowest BCUT2D eigenvalue weighted by Crippen LogP contribution is -2.41. The summed E-state index contributed by atoms with van der Waals surface area (Å²) in [6.07, 6.45) is 15.3.